The molecule has 9 heavy (non-hydrogen) atoms. The lowest BCUT2D eigenvalue weighted by Gasteiger charge is -2.15. The second kappa shape index (κ2) is 4.59. The third-order valence-electron chi connectivity index (χ3n) is 0.910. The lowest BCUT2D eigenvalue weighted by Crippen LogP contribution is -2.21. The molecule has 0 aliphatic carbocycles. The quantitative estimate of drug-likeness (QED) is 0.517. The normalized spacial score (nSPS) is 18.2. The molecule has 0 heterocycles. The molecule has 0 bridgehead atoms. The molecule has 0 amide bonds. The Hall–Kier alpha value is 0.800. The number of halogens is 3. The lowest BCUT2D eigenvalue weighted by atomic mass is 10.2. The zero-order valence-electron chi connectivity index (χ0n) is 5.20. The van der Waals surface area contributed by atoms with E-state index in [9.17, 15) is 0 Å². The van der Waals surface area contributed by atoms with Crippen molar-refractivity contribution in [3.63, 3.8) is 0 Å². The molecule has 0 spiro atoms. The highest BCUT2D eigenvalue weighted by Gasteiger charge is 2.19. The molecule has 1 atom stereocenters. The first-order chi connectivity index (χ1) is 4.18. The standard InChI is InChI=1S/C6H9BrCl2/c1-2-3-6(9,4-7)5-8/h2-3H,4-5H2,1H3/b3-2+. The molecule has 0 aromatic carbocycles. The van der Waals surface area contributed by atoms with Gasteiger partial charge in [0, 0.05) is 11.2 Å². The monoisotopic (exact) mass is 230 g/mol. The number of rotatable bonds is 3. The SMILES string of the molecule is C/C=C/C(Cl)(CCl)CBr. The minimum Gasteiger partial charge on any atom is -0.124 e. The molecule has 0 fully saturated rings. The molecule has 54 valence electrons. The van der Waals surface area contributed by atoms with Crippen LogP contribution in [0.1, 0.15) is 6.92 Å². The van der Waals surface area contributed by atoms with Crippen LogP contribution >= 0.6 is 39.1 Å². The number of alkyl halides is 3. The molecule has 0 aromatic heterocycles. The minimum absolute atomic E-state index is 0.393. The molecule has 0 saturated carbocycles. The van der Waals surface area contributed by atoms with Gasteiger partial charge in [0.2, 0.25) is 0 Å². The van der Waals surface area contributed by atoms with Crippen molar-refractivity contribution in [2.24, 2.45) is 0 Å². The Bertz CT molecular complexity index is 97.2. The molecular weight excluding hydrogens is 223 g/mol. The molecule has 0 rings (SSSR count). The molecule has 0 saturated heterocycles. The largest absolute Gasteiger partial charge is 0.124 e. The van der Waals surface area contributed by atoms with Crippen molar-refractivity contribution in [1.29, 1.82) is 0 Å². The fourth-order valence-electron chi connectivity index (χ4n) is 0.423. The highest BCUT2D eigenvalue weighted by atomic mass is 79.9. The van der Waals surface area contributed by atoms with Gasteiger partial charge in [-0.2, -0.15) is 0 Å². The molecular formula is C6H9BrCl2. The Morgan fingerprint density at radius 1 is 1.67 bits per heavy atom. The summed E-state index contributed by atoms with van der Waals surface area (Å²) in [4.78, 5) is -0.393. The van der Waals surface area contributed by atoms with E-state index in [0.717, 1.165) is 0 Å². The maximum atomic E-state index is 5.94. The summed E-state index contributed by atoms with van der Waals surface area (Å²) >= 11 is 14.8. The fourth-order valence-corrected chi connectivity index (χ4v) is 1.35. The molecule has 0 radical (unpaired) electrons. The summed E-state index contributed by atoms with van der Waals surface area (Å²) in [6.45, 7) is 1.92. The van der Waals surface area contributed by atoms with Gasteiger partial charge in [0.1, 0.15) is 0 Å². The van der Waals surface area contributed by atoms with Crippen molar-refractivity contribution in [2.45, 2.75) is 11.8 Å². The van der Waals surface area contributed by atoms with Crippen LogP contribution in [0.4, 0.5) is 0 Å². The van der Waals surface area contributed by atoms with E-state index in [1.807, 2.05) is 19.1 Å². The van der Waals surface area contributed by atoms with Crippen LogP contribution in [-0.2, 0) is 0 Å². The van der Waals surface area contributed by atoms with Crippen LogP contribution in [0.2, 0.25) is 0 Å². The van der Waals surface area contributed by atoms with E-state index < -0.39 is 4.87 Å². The van der Waals surface area contributed by atoms with E-state index in [2.05, 4.69) is 15.9 Å². The Balaban J connectivity index is 3.92. The van der Waals surface area contributed by atoms with Gasteiger partial charge in [-0.3, -0.25) is 0 Å². The summed E-state index contributed by atoms with van der Waals surface area (Å²) < 4.78 is 0. The van der Waals surface area contributed by atoms with Crippen LogP contribution in [-0.4, -0.2) is 16.1 Å². The highest BCUT2D eigenvalue weighted by Crippen LogP contribution is 2.21. The summed E-state index contributed by atoms with van der Waals surface area (Å²) in [5.74, 6) is 0.435. The van der Waals surface area contributed by atoms with Crippen molar-refractivity contribution < 1.29 is 0 Å². The molecule has 0 aliphatic rings. The highest BCUT2D eigenvalue weighted by molar-refractivity contribution is 9.09. The molecule has 0 N–H and O–H groups in total. The van der Waals surface area contributed by atoms with Gasteiger partial charge in [-0.25, -0.2) is 0 Å². The first kappa shape index (κ1) is 9.80. The van der Waals surface area contributed by atoms with Gasteiger partial charge in [-0.1, -0.05) is 28.1 Å². The van der Waals surface area contributed by atoms with Crippen molar-refractivity contribution in [1.82, 2.24) is 0 Å². The Morgan fingerprint density at radius 3 is 2.33 bits per heavy atom. The number of allylic oxidation sites excluding steroid dienone is 2. The topological polar surface area (TPSA) is 0 Å². The summed E-state index contributed by atoms with van der Waals surface area (Å²) in [5, 5.41) is 0.690. The molecule has 1 unspecified atom stereocenters. The Labute approximate surface area is 74.3 Å². The average molecular weight is 232 g/mol. The third-order valence-corrected chi connectivity index (χ3v) is 3.24. The van der Waals surface area contributed by atoms with Gasteiger partial charge in [-0.15, -0.1) is 23.2 Å². The Kier molecular flexibility index (Phi) is 5.00. The van der Waals surface area contributed by atoms with Crippen LogP contribution in [0.15, 0.2) is 12.2 Å². The van der Waals surface area contributed by atoms with Crippen molar-refractivity contribution >= 4 is 39.1 Å². The maximum Gasteiger partial charge on any atom is 0.0857 e. The van der Waals surface area contributed by atoms with Crippen molar-refractivity contribution in [3.8, 4) is 0 Å². The van der Waals surface area contributed by atoms with Gasteiger partial charge >= 0.3 is 0 Å². The van der Waals surface area contributed by atoms with Crippen LogP contribution < -0.4 is 0 Å². The predicted octanol–water partition coefficient (Wildman–Crippen LogP) is 3.17. The second-order valence-corrected chi connectivity index (χ2v) is 3.38. The zero-order valence-corrected chi connectivity index (χ0v) is 8.30. The van der Waals surface area contributed by atoms with Gasteiger partial charge in [0.05, 0.1) is 4.87 Å². The van der Waals surface area contributed by atoms with E-state index in [1.54, 1.807) is 0 Å². The van der Waals surface area contributed by atoms with Crippen LogP contribution in [0.3, 0.4) is 0 Å². The first-order valence-electron chi connectivity index (χ1n) is 2.63. The van der Waals surface area contributed by atoms with Gasteiger partial charge in [-0.05, 0) is 6.92 Å². The smallest absolute Gasteiger partial charge is 0.0857 e. The number of hydrogen-bond donors (Lipinski definition) is 0. The van der Waals surface area contributed by atoms with Crippen molar-refractivity contribution in [2.75, 3.05) is 11.2 Å². The van der Waals surface area contributed by atoms with E-state index in [1.165, 1.54) is 0 Å². The summed E-state index contributed by atoms with van der Waals surface area (Å²) in [6, 6.07) is 0. The second-order valence-electron chi connectivity index (χ2n) is 1.80. The van der Waals surface area contributed by atoms with Crippen molar-refractivity contribution in [3.05, 3.63) is 12.2 Å². The zero-order chi connectivity index (χ0) is 7.33. The first-order valence-corrected chi connectivity index (χ1v) is 4.66. The Morgan fingerprint density at radius 2 is 2.22 bits per heavy atom. The maximum absolute atomic E-state index is 5.94. The molecule has 3 heteroatoms. The van der Waals surface area contributed by atoms with E-state index in [4.69, 9.17) is 23.2 Å². The van der Waals surface area contributed by atoms with Gasteiger partial charge in [0.15, 0.2) is 0 Å². The van der Waals surface area contributed by atoms with Crippen LogP contribution in [0.25, 0.3) is 0 Å². The minimum atomic E-state index is -0.393. The van der Waals surface area contributed by atoms with E-state index >= 15 is 0 Å². The third kappa shape index (κ3) is 3.49. The fraction of sp³-hybridized carbons (Fsp3) is 0.667. The molecule has 0 nitrogen and oxygen atoms in total. The summed E-state index contributed by atoms with van der Waals surface area (Å²) in [7, 11) is 0. The number of hydrogen-bond acceptors (Lipinski definition) is 0. The summed E-state index contributed by atoms with van der Waals surface area (Å²) in [5.41, 5.74) is 0. The molecule has 0 aromatic rings. The lowest BCUT2D eigenvalue weighted by molar-refractivity contribution is 0.912. The van der Waals surface area contributed by atoms with E-state index in [-0.39, 0.29) is 0 Å². The summed E-state index contributed by atoms with van der Waals surface area (Å²) in [6.07, 6.45) is 3.78. The van der Waals surface area contributed by atoms with Gasteiger partial charge < -0.3 is 0 Å². The van der Waals surface area contributed by atoms with Gasteiger partial charge in [0.25, 0.3) is 0 Å². The van der Waals surface area contributed by atoms with Crippen LogP contribution in [0.5, 0.6) is 0 Å². The van der Waals surface area contributed by atoms with E-state index in [0.29, 0.717) is 11.2 Å². The predicted molar refractivity (Wildman–Crippen MR) is 47.9 cm³/mol. The average Bonchev–Trinajstić information content (AvgIpc) is 1.89. The molecule has 0 aliphatic heterocycles. The van der Waals surface area contributed by atoms with Crippen LogP contribution in [0, 0.1) is 0 Å².